The lowest BCUT2D eigenvalue weighted by Crippen LogP contribution is -2.33. The van der Waals surface area contributed by atoms with Gasteiger partial charge in [0.25, 0.3) is 11.5 Å². The maximum absolute atomic E-state index is 13.6. The smallest absolute Gasteiger partial charge is 0.260 e. The van der Waals surface area contributed by atoms with Crippen LogP contribution in [0.25, 0.3) is 10.9 Å². The second-order valence-electron chi connectivity index (χ2n) is 6.53. The van der Waals surface area contributed by atoms with Crippen LogP contribution in [0.4, 0.5) is 4.39 Å². The van der Waals surface area contributed by atoms with Gasteiger partial charge in [-0.1, -0.05) is 12.1 Å². The highest BCUT2D eigenvalue weighted by Crippen LogP contribution is 2.26. The molecule has 1 fully saturated rings. The molecule has 0 unspecified atom stereocenters. The van der Waals surface area contributed by atoms with E-state index in [0.29, 0.717) is 24.0 Å². The number of pyridine rings is 2. The number of nitrogens with one attached hydrogen (secondary N) is 1. The van der Waals surface area contributed by atoms with Crippen molar-refractivity contribution in [2.75, 3.05) is 19.7 Å². The van der Waals surface area contributed by atoms with E-state index in [1.54, 1.807) is 35.4 Å². The number of likely N-dealkylation sites (tertiary alicyclic amines) is 1. The Hall–Kier alpha value is -3.22. The number of rotatable bonds is 4. The monoisotopic (exact) mass is 367 g/mol. The van der Waals surface area contributed by atoms with Crippen molar-refractivity contribution in [3.05, 3.63) is 70.5 Å². The third-order valence-corrected chi connectivity index (χ3v) is 4.80. The number of hydrogen-bond acceptors (Lipinski definition) is 4. The minimum Gasteiger partial charge on any atom is -0.481 e. The van der Waals surface area contributed by atoms with E-state index in [4.69, 9.17) is 4.74 Å². The van der Waals surface area contributed by atoms with Crippen LogP contribution in [0, 0.1) is 5.82 Å². The third-order valence-electron chi connectivity index (χ3n) is 4.80. The van der Waals surface area contributed by atoms with Crippen molar-refractivity contribution in [1.29, 1.82) is 0 Å². The molecule has 1 amide bonds. The number of benzene rings is 1. The van der Waals surface area contributed by atoms with Crippen LogP contribution in [0.5, 0.6) is 5.75 Å². The summed E-state index contributed by atoms with van der Waals surface area (Å²) >= 11 is 0. The van der Waals surface area contributed by atoms with E-state index >= 15 is 0 Å². The maximum Gasteiger partial charge on any atom is 0.260 e. The molecule has 1 aliphatic rings. The molecule has 1 saturated heterocycles. The largest absolute Gasteiger partial charge is 0.481 e. The average molecular weight is 367 g/mol. The number of hydrogen-bond donors (Lipinski definition) is 1. The van der Waals surface area contributed by atoms with Crippen molar-refractivity contribution in [3.8, 4) is 5.75 Å². The van der Waals surface area contributed by atoms with Gasteiger partial charge in [-0.25, -0.2) is 4.39 Å². The van der Waals surface area contributed by atoms with Crippen LogP contribution in [0.15, 0.2) is 53.5 Å². The number of amides is 1. The zero-order chi connectivity index (χ0) is 18.8. The summed E-state index contributed by atoms with van der Waals surface area (Å²) in [6, 6.07) is 11.3. The number of halogens is 1. The van der Waals surface area contributed by atoms with Crippen LogP contribution in [0.1, 0.15) is 18.0 Å². The lowest BCUT2D eigenvalue weighted by molar-refractivity contribution is -0.132. The van der Waals surface area contributed by atoms with Crippen molar-refractivity contribution < 1.29 is 13.9 Å². The highest BCUT2D eigenvalue weighted by molar-refractivity contribution is 5.79. The Morgan fingerprint density at radius 1 is 1.30 bits per heavy atom. The molecule has 6 nitrogen and oxygen atoms in total. The second kappa shape index (κ2) is 7.19. The predicted octanol–water partition coefficient (Wildman–Crippen LogP) is 2.46. The Morgan fingerprint density at radius 3 is 3.00 bits per heavy atom. The van der Waals surface area contributed by atoms with Gasteiger partial charge in [0.05, 0.1) is 10.9 Å². The molecule has 1 atom stereocenters. The first kappa shape index (κ1) is 17.2. The number of aromatic nitrogens is 2. The predicted molar refractivity (Wildman–Crippen MR) is 98.2 cm³/mol. The Morgan fingerprint density at radius 2 is 2.15 bits per heavy atom. The summed E-state index contributed by atoms with van der Waals surface area (Å²) in [6.07, 6.45) is 2.38. The molecule has 0 bridgehead atoms. The van der Waals surface area contributed by atoms with Crippen molar-refractivity contribution in [2.24, 2.45) is 0 Å². The van der Waals surface area contributed by atoms with Crippen LogP contribution in [-0.4, -0.2) is 40.5 Å². The minimum absolute atomic E-state index is 0.0292. The number of nitrogens with zero attached hydrogens (tertiary/aromatic N) is 2. The summed E-state index contributed by atoms with van der Waals surface area (Å²) in [5, 5.41) is 0.547. The fourth-order valence-corrected chi connectivity index (χ4v) is 3.36. The first-order valence-electron chi connectivity index (χ1n) is 8.75. The van der Waals surface area contributed by atoms with Gasteiger partial charge in [0, 0.05) is 30.9 Å². The number of carbonyl (C=O) groups is 1. The van der Waals surface area contributed by atoms with Gasteiger partial charge in [-0.05, 0) is 36.8 Å². The molecule has 7 heteroatoms. The van der Waals surface area contributed by atoms with E-state index in [2.05, 4.69) is 9.97 Å². The van der Waals surface area contributed by atoms with Crippen molar-refractivity contribution in [2.45, 2.75) is 12.3 Å². The lowest BCUT2D eigenvalue weighted by atomic mass is 10.0. The molecule has 4 rings (SSSR count). The number of H-pyrrole nitrogens is 1. The van der Waals surface area contributed by atoms with E-state index in [-0.39, 0.29) is 29.7 Å². The molecule has 3 heterocycles. The summed E-state index contributed by atoms with van der Waals surface area (Å²) in [7, 11) is 0. The normalized spacial score (nSPS) is 16.6. The molecule has 3 aromatic rings. The lowest BCUT2D eigenvalue weighted by Gasteiger charge is -2.17. The van der Waals surface area contributed by atoms with Gasteiger partial charge in [0.15, 0.2) is 18.2 Å². The van der Waals surface area contributed by atoms with Gasteiger partial charge in [0.1, 0.15) is 0 Å². The molecule has 0 radical (unpaired) electrons. The van der Waals surface area contributed by atoms with Crippen LogP contribution in [-0.2, 0) is 4.79 Å². The number of para-hydroxylation sites is 1. The van der Waals surface area contributed by atoms with Gasteiger partial charge >= 0.3 is 0 Å². The highest BCUT2D eigenvalue weighted by atomic mass is 19.1. The van der Waals surface area contributed by atoms with E-state index < -0.39 is 5.82 Å². The Kier molecular flexibility index (Phi) is 4.58. The summed E-state index contributed by atoms with van der Waals surface area (Å²) in [5.74, 6) is -0.610. The first-order chi connectivity index (χ1) is 13.1. The molecule has 0 aliphatic carbocycles. The molecule has 0 spiro atoms. The SMILES string of the molecule is O=C(COc1ccccc1F)N1CC[C@@H](c2cc3ncccc3c(=O)[nH]2)C1. The molecular weight excluding hydrogens is 349 g/mol. The molecule has 2 aromatic heterocycles. The van der Waals surface area contributed by atoms with E-state index in [0.717, 1.165) is 12.1 Å². The molecule has 1 N–H and O–H groups in total. The van der Waals surface area contributed by atoms with Crippen molar-refractivity contribution >= 4 is 16.8 Å². The summed E-state index contributed by atoms with van der Waals surface area (Å²) in [5.41, 5.74) is 1.24. The Bertz CT molecular complexity index is 1050. The summed E-state index contributed by atoms with van der Waals surface area (Å²) in [6.45, 7) is 0.823. The van der Waals surface area contributed by atoms with Crippen LogP contribution in [0.3, 0.4) is 0 Å². The fourth-order valence-electron chi connectivity index (χ4n) is 3.36. The van der Waals surface area contributed by atoms with Gasteiger partial charge in [-0.15, -0.1) is 0 Å². The number of fused-ring (bicyclic) bond motifs is 1. The van der Waals surface area contributed by atoms with Crippen LogP contribution < -0.4 is 10.3 Å². The third kappa shape index (κ3) is 3.53. The van der Waals surface area contributed by atoms with Gasteiger partial charge < -0.3 is 14.6 Å². The molecule has 138 valence electrons. The zero-order valence-corrected chi connectivity index (χ0v) is 14.5. The Labute approximate surface area is 154 Å². The highest BCUT2D eigenvalue weighted by Gasteiger charge is 2.28. The molecule has 1 aliphatic heterocycles. The number of carbonyl (C=O) groups excluding carboxylic acids is 1. The van der Waals surface area contributed by atoms with Gasteiger partial charge in [-0.3, -0.25) is 14.6 Å². The van der Waals surface area contributed by atoms with E-state index in [1.807, 2.05) is 6.07 Å². The average Bonchev–Trinajstić information content (AvgIpc) is 3.17. The molecule has 1 aromatic carbocycles. The molecule has 27 heavy (non-hydrogen) atoms. The fraction of sp³-hybridized carbons (Fsp3) is 0.250. The van der Waals surface area contributed by atoms with Crippen LogP contribution >= 0.6 is 0 Å². The Balaban J connectivity index is 1.43. The molecule has 0 saturated carbocycles. The molecular formula is C20H18FN3O3. The zero-order valence-electron chi connectivity index (χ0n) is 14.5. The summed E-state index contributed by atoms with van der Waals surface area (Å²) in [4.78, 5) is 33.4. The van der Waals surface area contributed by atoms with Gasteiger partial charge in [-0.2, -0.15) is 0 Å². The van der Waals surface area contributed by atoms with E-state index in [9.17, 15) is 14.0 Å². The maximum atomic E-state index is 13.6. The minimum atomic E-state index is -0.495. The summed E-state index contributed by atoms with van der Waals surface area (Å²) < 4.78 is 18.9. The van der Waals surface area contributed by atoms with Gasteiger partial charge in [0.2, 0.25) is 0 Å². The quantitative estimate of drug-likeness (QED) is 0.769. The van der Waals surface area contributed by atoms with E-state index in [1.165, 1.54) is 12.1 Å². The van der Waals surface area contributed by atoms with Crippen LogP contribution in [0.2, 0.25) is 0 Å². The number of aromatic amines is 1. The van der Waals surface area contributed by atoms with Crippen molar-refractivity contribution in [1.82, 2.24) is 14.9 Å². The topological polar surface area (TPSA) is 75.3 Å². The second-order valence-corrected chi connectivity index (χ2v) is 6.53. The first-order valence-corrected chi connectivity index (χ1v) is 8.75. The number of ether oxygens (including phenoxy) is 1. The standard InChI is InChI=1S/C20H18FN3O3/c21-15-5-1-2-6-18(15)27-12-19(25)24-9-7-13(11-24)16-10-17-14(20(26)23-16)4-3-8-22-17/h1-6,8,10,13H,7,9,11-12H2,(H,23,26)/t13-/m1/s1. The van der Waals surface area contributed by atoms with Crippen molar-refractivity contribution in [3.63, 3.8) is 0 Å².